The molecule has 0 saturated heterocycles. The smallest absolute Gasteiger partial charge is 0.225 e. The second kappa shape index (κ2) is 3.91. The van der Waals surface area contributed by atoms with Crippen LogP contribution in [0.4, 0.5) is 13.2 Å². The van der Waals surface area contributed by atoms with Gasteiger partial charge in [0.2, 0.25) is 10.0 Å². The van der Waals surface area contributed by atoms with Gasteiger partial charge in [0, 0.05) is 3.57 Å². The van der Waals surface area contributed by atoms with Gasteiger partial charge in [-0.1, -0.05) is 6.07 Å². The van der Waals surface area contributed by atoms with Crippen LogP contribution in [0.25, 0.3) is 0 Å². The summed E-state index contributed by atoms with van der Waals surface area (Å²) in [6, 6.07) is 2.84. The molecule has 2 N–H and O–H groups in total. The second-order valence-electron chi connectivity index (χ2n) is 2.66. The fourth-order valence-corrected chi connectivity index (χ4v) is 3.16. The van der Waals surface area contributed by atoms with Crippen LogP contribution >= 0.6 is 22.6 Å². The molecule has 0 saturated carbocycles. The normalized spacial score (nSPS) is 12.9. The molecule has 15 heavy (non-hydrogen) atoms. The Morgan fingerprint density at radius 3 is 2.20 bits per heavy atom. The highest BCUT2D eigenvalue weighted by Crippen LogP contribution is 2.34. The number of rotatable bonds is 1. The zero-order chi connectivity index (χ0) is 11.9. The summed E-state index contributed by atoms with van der Waals surface area (Å²) in [6.07, 6.45) is -4.59. The number of sulfonamides is 1. The van der Waals surface area contributed by atoms with E-state index in [9.17, 15) is 21.6 Å². The van der Waals surface area contributed by atoms with Crippen LogP contribution in [0.3, 0.4) is 0 Å². The van der Waals surface area contributed by atoms with Gasteiger partial charge in [-0.05, 0) is 34.7 Å². The lowest BCUT2D eigenvalue weighted by Crippen LogP contribution is -2.17. The molecule has 0 fully saturated rings. The fraction of sp³-hybridized carbons (Fsp3) is 0.143. The fourth-order valence-electron chi connectivity index (χ4n) is 0.949. The number of hydrogen-bond acceptors (Lipinski definition) is 2. The van der Waals surface area contributed by atoms with Gasteiger partial charge in [0.25, 0.3) is 0 Å². The third-order valence-electron chi connectivity index (χ3n) is 1.58. The molecule has 0 spiro atoms. The van der Waals surface area contributed by atoms with E-state index in [-0.39, 0.29) is 0 Å². The van der Waals surface area contributed by atoms with E-state index in [0.29, 0.717) is 0 Å². The molecule has 3 nitrogen and oxygen atoms in total. The van der Waals surface area contributed by atoms with E-state index in [1.165, 1.54) is 22.6 Å². The molecule has 0 aliphatic heterocycles. The third kappa shape index (κ3) is 2.82. The van der Waals surface area contributed by atoms with E-state index in [1.807, 2.05) is 0 Å². The van der Waals surface area contributed by atoms with Crippen LogP contribution < -0.4 is 5.14 Å². The van der Waals surface area contributed by atoms with Crippen LogP contribution in [-0.2, 0) is 16.2 Å². The zero-order valence-electron chi connectivity index (χ0n) is 7.05. The van der Waals surface area contributed by atoms with Gasteiger partial charge in [0.1, 0.15) is 0 Å². The Balaban J connectivity index is 3.51. The van der Waals surface area contributed by atoms with Crippen molar-refractivity contribution in [3.63, 3.8) is 0 Å². The van der Waals surface area contributed by atoms with E-state index < -0.39 is 30.2 Å². The molecule has 8 heteroatoms. The Hall–Kier alpha value is -0.350. The Labute approximate surface area is 97.7 Å². The summed E-state index contributed by atoms with van der Waals surface area (Å²) in [4.78, 5) is -0.516. The van der Waals surface area contributed by atoms with Gasteiger partial charge in [-0.15, -0.1) is 0 Å². The van der Waals surface area contributed by atoms with Crippen LogP contribution in [0.5, 0.6) is 0 Å². The molecule has 0 bridgehead atoms. The quantitative estimate of drug-likeness (QED) is 0.787. The van der Waals surface area contributed by atoms with Crippen molar-refractivity contribution in [1.82, 2.24) is 0 Å². The molecule has 1 aromatic carbocycles. The van der Waals surface area contributed by atoms with E-state index in [0.717, 1.165) is 18.2 Å². The molecule has 0 aromatic heterocycles. The van der Waals surface area contributed by atoms with Crippen molar-refractivity contribution in [2.75, 3.05) is 0 Å². The SMILES string of the molecule is NS(=O)(=O)c1cccc(C(F)(F)F)c1I. The Kier molecular flexibility index (Phi) is 3.31. The Morgan fingerprint density at radius 2 is 1.80 bits per heavy atom. The van der Waals surface area contributed by atoms with E-state index in [1.54, 1.807) is 0 Å². The van der Waals surface area contributed by atoms with Gasteiger partial charge in [-0.25, -0.2) is 13.6 Å². The minimum absolute atomic E-state index is 0.412. The monoisotopic (exact) mass is 351 g/mol. The Bertz CT molecular complexity index is 483. The highest BCUT2D eigenvalue weighted by atomic mass is 127. The molecule has 0 aliphatic carbocycles. The standard InChI is InChI=1S/C7H5F3INO2S/c8-7(9,10)4-2-1-3-5(6(4)11)15(12,13)14/h1-3H,(H2,12,13,14). The summed E-state index contributed by atoms with van der Waals surface area (Å²) in [5.41, 5.74) is -1.00. The van der Waals surface area contributed by atoms with Crippen molar-refractivity contribution in [2.45, 2.75) is 11.1 Å². The van der Waals surface area contributed by atoms with Gasteiger partial charge in [-0.2, -0.15) is 13.2 Å². The molecule has 84 valence electrons. The summed E-state index contributed by atoms with van der Waals surface area (Å²) < 4.78 is 58.6. The molecular formula is C7H5F3INO2S. The van der Waals surface area contributed by atoms with Gasteiger partial charge < -0.3 is 0 Å². The summed E-state index contributed by atoms with van der Waals surface area (Å²) >= 11 is 1.31. The van der Waals surface area contributed by atoms with Gasteiger partial charge in [-0.3, -0.25) is 0 Å². The van der Waals surface area contributed by atoms with Crippen LogP contribution in [0.1, 0.15) is 5.56 Å². The van der Waals surface area contributed by atoms with E-state index in [4.69, 9.17) is 5.14 Å². The molecular weight excluding hydrogens is 346 g/mol. The topological polar surface area (TPSA) is 60.2 Å². The highest BCUT2D eigenvalue weighted by molar-refractivity contribution is 14.1. The van der Waals surface area contributed by atoms with Crippen LogP contribution in [0, 0.1) is 3.57 Å². The predicted octanol–water partition coefficient (Wildman–Crippen LogP) is 1.96. The maximum atomic E-state index is 12.4. The van der Waals surface area contributed by atoms with Gasteiger partial charge >= 0.3 is 6.18 Å². The molecule has 0 radical (unpaired) electrons. The highest BCUT2D eigenvalue weighted by Gasteiger charge is 2.34. The minimum atomic E-state index is -4.59. The maximum Gasteiger partial charge on any atom is 0.417 e. The molecule has 1 aromatic rings. The average molecular weight is 351 g/mol. The van der Waals surface area contributed by atoms with Crippen LogP contribution in [0.15, 0.2) is 23.1 Å². The van der Waals surface area contributed by atoms with Gasteiger partial charge in [0.15, 0.2) is 0 Å². The first-order chi connectivity index (χ1) is 6.64. The van der Waals surface area contributed by atoms with Gasteiger partial charge in [0.05, 0.1) is 10.5 Å². The number of hydrogen-bond donors (Lipinski definition) is 1. The van der Waals surface area contributed by atoms with Crippen LogP contribution in [-0.4, -0.2) is 8.42 Å². The van der Waals surface area contributed by atoms with Crippen molar-refractivity contribution in [3.05, 3.63) is 27.3 Å². The first-order valence-corrected chi connectivity index (χ1v) is 6.15. The summed E-state index contributed by atoms with van der Waals surface area (Å²) in [5.74, 6) is 0. The Morgan fingerprint density at radius 1 is 1.27 bits per heavy atom. The number of halogens is 4. The predicted molar refractivity (Wildman–Crippen MR) is 55.5 cm³/mol. The maximum absolute atomic E-state index is 12.4. The number of benzene rings is 1. The lowest BCUT2D eigenvalue weighted by Gasteiger charge is -2.11. The number of primary sulfonamides is 1. The zero-order valence-corrected chi connectivity index (χ0v) is 10.0. The first-order valence-electron chi connectivity index (χ1n) is 3.52. The van der Waals surface area contributed by atoms with Crippen molar-refractivity contribution in [1.29, 1.82) is 0 Å². The molecule has 0 amide bonds. The summed E-state index contributed by atoms with van der Waals surface area (Å²) in [6.45, 7) is 0. The molecule has 0 aliphatic rings. The molecule has 0 heterocycles. The minimum Gasteiger partial charge on any atom is -0.225 e. The largest absolute Gasteiger partial charge is 0.417 e. The van der Waals surface area contributed by atoms with E-state index in [2.05, 4.69) is 0 Å². The first kappa shape index (κ1) is 12.7. The molecule has 0 unspecified atom stereocenters. The summed E-state index contributed by atoms with van der Waals surface area (Å²) in [7, 11) is -4.12. The van der Waals surface area contributed by atoms with E-state index >= 15 is 0 Å². The lowest BCUT2D eigenvalue weighted by atomic mass is 10.2. The third-order valence-corrected chi connectivity index (χ3v) is 4.06. The number of alkyl halides is 3. The van der Waals surface area contributed by atoms with Crippen molar-refractivity contribution in [2.24, 2.45) is 5.14 Å². The van der Waals surface area contributed by atoms with Crippen LogP contribution in [0.2, 0.25) is 0 Å². The van der Waals surface area contributed by atoms with Crippen molar-refractivity contribution >= 4 is 32.6 Å². The summed E-state index contributed by atoms with van der Waals surface area (Å²) in [5, 5.41) is 4.77. The second-order valence-corrected chi connectivity index (χ2v) is 5.27. The average Bonchev–Trinajstić information content (AvgIpc) is 1.99. The number of nitrogens with two attached hydrogens (primary N) is 1. The molecule has 0 atom stereocenters. The lowest BCUT2D eigenvalue weighted by molar-refractivity contribution is -0.138. The molecule has 1 rings (SSSR count). The van der Waals surface area contributed by atoms with Crippen molar-refractivity contribution < 1.29 is 21.6 Å². The van der Waals surface area contributed by atoms with Crippen molar-refractivity contribution in [3.8, 4) is 0 Å².